The van der Waals surface area contributed by atoms with Gasteiger partial charge < -0.3 is 14.9 Å². The van der Waals surface area contributed by atoms with E-state index < -0.39 is 5.91 Å². The van der Waals surface area contributed by atoms with Crippen molar-refractivity contribution < 1.29 is 13.9 Å². The summed E-state index contributed by atoms with van der Waals surface area (Å²) in [6, 6.07) is 2.93. The summed E-state index contributed by atoms with van der Waals surface area (Å²) >= 11 is 0. The van der Waals surface area contributed by atoms with Crippen LogP contribution in [0.2, 0.25) is 0 Å². The molecule has 0 saturated carbocycles. The first-order valence-corrected chi connectivity index (χ1v) is 5.26. The van der Waals surface area contributed by atoms with Gasteiger partial charge in [-0.15, -0.1) is 0 Å². The molecule has 0 bridgehead atoms. The van der Waals surface area contributed by atoms with Gasteiger partial charge in [-0.05, 0) is 18.6 Å². The number of nitrogens with two attached hydrogens (primary N) is 1. The Bertz CT molecular complexity index is 371. The average molecular weight is 224 g/mol. The van der Waals surface area contributed by atoms with E-state index in [2.05, 4.69) is 6.92 Å². The molecule has 0 atom stereocenters. The summed E-state index contributed by atoms with van der Waals surface area (Å²) in [6.45, 7) is 2.58. The summed E-state index contributed by atoms with van der Waals surface area (Å²) in [5.41, 5.74) is 5.02. The van der Waals surface area contributed by atoms with E-state index in [9.17, 15) is 4.79 Å². The highest BCUT2D eigenvalue weighted by Gasteiger charge is 2.11. The molecule has 3 N–H and O–H groups in total. The molecule has 88 valence electrons. The quantitative estimate of drug-likeness (QED) is 0.439. The molecule has 0 aliphatic heterocycles. The van der Waals surface area contributed by atoms with Gasteiger partial charge in [0.05, 0.1) is 6.61 Å². The van der Waals surface area contributed by atoms with Gasteiger partial charge in [-0.25, -0.2) is 0 Å². The maximum absolute atomic E-state index is 10.8. The Hall–Kier alpha value is -1.78. The molecule has 5 heteroatoms. The van der Waals surface area contributed by atoms with Crippen LogP contribution in [0, 0.1) is 5.41 Å². The summed E-state index contributed by atoms with van der Waals surface area (Å²) in [4.78, 5) is 10.8. The van der Waals surface area contributed by atoms with E-state index >= 15 is 0 Å². The van der Waals surface area contributed by atoms with Gasteiger partial charge in [-0.3, -0.25) is 10.2 Å². The number of carbonyl (C=O) groups is 1. The van der Waals surface area contributed by atoms with Gasteiger partial charge in [-0.2, -0.15) is 0 Å². The highest BCUT2D eigenvalue weighted by molar-refractivity contribution is 5.93. The number of amides is 1. The largest absolute Gasteiger partial charge is 0.475 e. The van der Waals surface area contributed by atoms with Crippen LogP contribution in [-0.4, -0.2) is 18.4 Å². The summed E-state index contributed by atoms with van der Waals surface area (Å²) in [7, 11) is 0. The monoisotopic (exact) mass is 224 g/mol. The second-order valence-corrected chi connectivity index (χ2v) is 3.41. The number of nitrogens with one attached hydrogen (secondary N) is 1. The van der Waals surface area contributed by atoms with Crippen molar-refractivity contribution in [1.29, 1.82) is 5.41 Å². The lowest BCUT2D eigenvalue weighted by Gasteiger charge is -2.03. The first kappa shape index (κ1) is 12.3. The molecular formula is C11H16N2O3. The lowest BCUT2D eigenvalue weighted by Crippen LogP contribution is -2.10. The van der Waals surface area contributed by atoms with Crippen LogP contribution in [0.1, 0.15) is 42.5 Å². The fourth-order valence-electron chi connectivity index (χ4n) is 1.19. The molecule has 0 radical (unpaired) electrons. The van der Waals surface area contributed by atoms with Crippen molar-refractivity contribution in [2.24, 2.45) is 5.73 Å². The zero-order chi connectivity index (χ0) is 12.0. The Labute approximate surface area is 94.1 Å². The van der Waals surface area contributed by atoms with Crippen molar-refractivity contribution >= 4 is 11.8 Å². The molecule has 0 aliphatic carbocycles. The Balaban J connectivity index is 2.43. The van der Waals surface area contributed by atoms with E-state index in [1.807, 2.05) is 0 Å². The highest BCUT2D eigenvalue weighted by atomic mass is 16.5. The molecule has 1 amide bonds. The third-order valence-electron chi connectivity index (χ3n) is 2.07. The van der Waals surface area contributed by atoms with Gasteiger partial charge in [0.2, 0.25) is 5.90 Å². The topological polar surface area (TPSA) is 89.3 Å². The van der Waals surface area contributed by atoms with Gasteiger partial charge in [0.1, 0.15) is 0 Å². The van der Waals surface area contributed by atoms with E-state index in [0.29, 0.717) is 6.61 Å². The first-order valence-electron chi connectivity index (χ1n) is 5.26. The van der Waals surface area contributed by atoms with Crippen LogP contribution in [-0.2, 0) is 4.74 Å². The van der Waals surface area contributed by atoms with E-state index in [-0.39, 0.29) is 17.4 Å². The molecule has 1 aromatic rings. The minimum Gasteiger partial charge on any atom is -0.475 e. The van der Waals surface area contributed by atoms with Crippen LogP contribution in [0.4, 0.5) is 0 Å². The lowest BCUT2D eigenvalue weighted by molar-refractivity contribution is 0.0973. The van der Waals surface area contributed by atoms with Gasteiger partial charge in [-0.1, -0.05) is 19.8 Å². The second kappa shape index (κ2) is 5.95. The first-order chi connectivity index (χ1) is 7.65. The van der Waals surface area contributed by atoms with Crippen molar-refractivity contribution in [2.75, 3.05) is 6.61 Å². The predicted octanol–water partition coefficient (Wildman–Crippen LogP) is 1.91. The molecule has 5 nitrogen and oxygen atoms in total. The van der Waals surface area contributed by atoms with E-state index in [4.69, 9.17) is 20.3 Å². The van der Waals surface area contributed by atoms with E-state index in [1.165, 1.54) is 12.1 Å². The molecule has 0 fully saturated rings. The Morgan fingerprint density at radius 3 is 2.69 bits per heavy atom. The zero-order valence-electron chi connectivity index (χ0n) is 9.29. The van der Waals surface area contributed by atoms with E-state index in [1.54, 1.807) is 0 Å². The standard InChI is InChI=1S/C11H16N2O3/c1-2-3-4-7-15-11(13)9-6-5-8(16-9)10(12)14/h5-6,13H,2-4,7H2,1H3,(H2,12,14). The fraction of sp³-hybridized carbons (Fsp3) is 0.455. The maximum atomic E-state index is 10.8. The molecule has 0 unspecified atom stereocenters. The summed E-state index contributed by atoms with van der Waals surface area (Å²) < 4.78 is 10.2. The van der Waals surface area contributed by atoms with Gasteiger partial charge in [0, 0.05) is 0 Å². The van der Waals surface area contributed by atoms with Crippen molar-refractivity contribution in [3.63, 3.8) is 0 Å². The van der Waals surface area contributed by atoms with Crippen LogP contribution in [0.15, 0.2) is 16.5 Å². The number of carbonyl (C=O) groups excluding carboxylic acids is 1. The number of primary amides is 1. The van der Waals surface area contributed by atoms with Gasteiger partial charge in [0.15, 0.2) is 11.5 Å². The molecule has 1 heterocycles. The van der Waals surface area contributed by atoms with Crippen LogP contribution in [0.25, 0.3) is 0 Å². The number of ether oxygens (including phenoxy) is 1. The van der Waals surface area contributed by atoms with Crippen LogP contribution in [0.5, 0.6) is 0 Å². The average Bonchev–Trinajstić information content (AvgIpc) is 2.73. The van der Waals surface area contributed by atoms with Crippen molar-refractivity contribution in [3.8, 4) is 0 Å². The number of hydrogen-bond acceptors (Lipinski definition) is 4. The van der Waals surface area contributed by atoms with Crippen molar-refractivity contribution in [1.82, 2.24) is 0 Å². The third kappa shape index (κ3) is 3.42. The molecule has 16 heavy (non-hydrogen) atoms. The normalized spacial score (nSPS) is 10.1. The molecule has 0 spiro atoms. The van der Waals surface area contributed by atoms with Gasteiger partial charge in [0.25, 0.3) is 5.91 Å². The molecule has 1 rings (SSSR count). The third-order valence-corrected chi connectivity index (χ3v) is 2.07. The summed E-state index contributed by atoms with van der Waals surface area (Å²) in [5, 5.41) is 7.55. The number of furan rings is 1. The van der Waals surface area contributed by atoms with Gasteiger partial charge >= 0.3 is 0 Å². The summed E-state index contributed by atoms with van der Waals surface area (Å²) in [6.07, 6.45) is 3.07. The van der Waals surface area contributed by atoms with Crippen molar-refractivity contribution in [2.45, 2.75) is 26.2 Å². The van der Waals surface area contributed by atoms with Crippen molar-refractivity contribution in [3.05, 3.63) is 23.7 Å². The lowest BCUT2D eigenvalue weighted by atomic mass is 10.3. The van der Waals surface area contributed by atoms with Crippen LogP contribution in [0.3, 0.4) is 0 Å². The number of rotatable bonds is 6. The van der Waals surface area contributed by atoms with Crippen LogP contribution < -0.4 is 5.73 Å². The zero-order valence-corrected chi connectivity index (χ0v) is 9.29. The minimum atomic E-state index is -0.648. The molecule has 0 saturated heterocycles. The number of hydrogen-bond donors (Lipinski definition) is 2. The molecule has 1 aromatic heterocycles. The molecule has 0 aliphatic rings. The van der Waals surface area contributed by atoms with E-state index in [0.717, 1.165) is 19.3 Å². The molecular weight excluding hydrogens is 208 g/mol. The maximum Gasteiger partial charge on any atom is 0.284 e. The Morgan fingerprint density at radius 2 is 2.12 bits per heavy atom. The minimum absolute atomic E-state index is 0.0388. The predicted molar refractivity (Wildman–Crippen MR) is 59.5 cm³/mol. The fourth-order valence-corrected chi connectivity index (χ4v) is 1.19. The second-order valence-electron chi connectivity index (χ2n) is 3.41. The SMILES string of the molecule is CCCCCOC(=N)c1ccc(C(N)=O)o1. The Morgan fingerprint density at radius 1 is 1.44 bits per heavy atom. The number of unbranched alkanes of at least 4 members (excludes halogenated alkanes) is 2. The Kier molecular flexibility index (Phi) is 4.57. The highest BCUT2D eigenvalue weighted by Crippen LogP contribution is 2.09. The summed E-state index contributed by atoms with van der Waals surface area (Å²) in [5.74, 6) is -0.448. The smallest absolute Gasteiger partial charge is 0.284 e. The molecule has 0 aromatic carbocycles. The van der Waals surface area contributed by atoms with Crippen LogP contribution >= 0.6 is 0 Å².